The summed E-state index contributed by atoms with van der Waals surface area (Å²) in [6.45, 7) is 3.86. The number of aromatic nitrogens is 4. The Morgan fingerprint density at radius 3 is 2.62 bits per heavy atom. The molecule has 1 unspecified atom stereocenters. The number of methoxy groups -OCH3 is 1. The van der Waals surface area contributed by atoms with E-state index in [4.69, 9.17) is 26.0 Å². The van der Waals surface area contributed by atoms with Crippen LogP contribution < -0.4 is 31.6 Å². The number of hydrogen-bond donors (Lipinski definition) is 5. The van der Waals surface area contributed by atoms with Crippen molar-refractivity contribution in [2.75, 3.05) is 31.3 Å². The van der Waals surface area contributed by atoms with E-state index < -0.39 is 0 Å². The Hall–Kier alpha value is -3.93. The third-order valence-electron chi connectivity index (χ3n) is 5.78. The Bertz CT molecular complexity index is 1310. The topological polar surface area (TPSA) is 158 Å². The maximum atomic E-state index is 8.89. The van der Waals surface area contributed by atoms with Gasteiger partial charge < -0.3 is 36.7 Å². The minimum Gasteiger partial charge on any atom is -0.496 e. The zero-order valence-electron chi connectivity index (χ0n) is 21.1. The van der Waals surface area contributed by atoms with Crippen LogP contribution in [0.25, 0.3) is 11.0 Å². The quantitative estimate of drug-likeness (QED) is 0.135. The summed E-state index contributed by atoms with van der Waals surface area (Å²) in [5.41, 5.74) is 15.5. The highest BCUT2D eigenvalue weighted by Crippen LogP contribution is 2.30. The summed E-state index contributed by atoms with van der Waals surface area (Å²) in [4.78, 5) is 8.70. The molecular formula is C26H34N8O3. The average Bonchev–Trinajstić information content (AvgIpc) is 3.28. The number of ether oxygens (including phenoxy) is 2. The van der Waals surface area contributed by atoms with E-state index in [2.05, 4.69) is 32.6 Å². The summed E-state index contributed by atoms with van der Waals surface area (Å²) in [5.74, 6) is 2.75. The first-order chi connectivity index (χ1) is 18.0. The molecule has 2 aromatic heterocycles. The monoisotopic (exact) mass is 506 g/mol. The summed E-state index contributed by atoms with van der Waals surface area (Å²) >= 11 is 0. The van der Waals surface area contributed by atoms with Gasteiger partial charge in [-0.15, -0.1) is 0 Å². The van der Waals surface area contributed by atoms with Gasteiger partial charge in [-0.2, -0.15) is 10.1 Å². The number of benzene rings is 2. The molecule has 37 heavy (non-hydrogen) atoms. The average molecular weight is 507 g/mol. The van der Waals surface area contributed by atoms with Crippen molar-refractivity contribution in [3.63, 3.8) is 0 Å². The van der Waals surface area contributed by atoms with Gasteiger partial charge in [0.2, 0.25) is 5.95 Å². The zero-order chi connectivity index (χ0) is 26.2. The maximum absolute atomic E-state index is 8.89. The smallest absolute Gasteiger partial charge is 0.222 e. The van der Waals surface area contributed by atoms with Crippen molar-refractivity contribution in [3.8, 4) is 17.2 Å². The third-order valence-corrected chi connectivity index (χ3v) is 5.78. The number of aliphatic hydroxyl groups is 1. The highest BCUT2D eigenvalue weighted by molar-refractivity contribution is 5.86. The normalized spacial score (nSPS) is 12.0. The lowest BCUT2D eigenvalue weighted by atomic mass is 10.2. The molecular weight excluding hydrogens is 472 g/mol. The Morgan fingerprint density at radius 2 is 1.89 bits per heavy atom. The third kappa shape index (κ3) is 6.64. The summed E-state index contributed by atoms with van der Waals surface area (Å²) < 4.78 is 13.5. The second-order valence-corrected chi connectivity index (χ2v) is 8.63. The van der Waals surface area contributed by atoms with Crippen molar-refractivity contribution in [1.29, 1.82) is 0 Å². The second kappa shape index (κ2) is 12.3. The van der Waals surface area contributed by atoms with Crippen LogP contribution in [0.3, 0.4) is 0 Å². The number of anilines is 2. The van der Waals surface area contributed by atoms with Gasteiger partial charge in [0.15, 0.2) is 5.82 Å². The molecule has 7 N–H and O–H groups in total. The lowest BCUT2D eigenvalue weighted by molar-refractivity contribution is 0.292. The standard InChI is InChI=1S/C26H34N8O3/c1-3-4-23(27)32-25-24-21(31-26(28)33-25)15-30-34(24)16-18-7-10-20(13-22(18)36-2)37-19-8-5-17(6-9-19)14-29-11-12-35/h5-10,13,15,23,29,35H,3-4,11-12,14,16,27H2,1-2H3,(H3,28,31,32,33). The van der Waals surface area contributed by atoms with Gasteiger partial charge in [-0.3, -0.25) is 4.68 Å². The van der Waals surface area contributed by atoms with Crippen molar-refractivity contribution >= 4 is 22.8 Å². The number of aliphatic hydroxyl groups excluding tert-OH is 1. The molecule has 0 saturated carbocycles. The van der Waals surface area contributed by atoms with Crippen LogP contribution in [0.2, 0.25) is 0 Å². The number of fused-ring (bicyclic) bond motifs is 1. The number of nitrogens with zero attached hydrogens (tertiary/aromatic N) is 4. The molecule has 0 saturated heterocycles. The van der Waals surface area contributed by atoms with E-state index in [1.54, 1.807) is 18.0 Å². The molecule has 0 amide bonds. The van der Waals surface area contributed by atoms with Crippen LogP contribution in [0.15, 0.2) is 48.7 Å². The van der Waals surface area contributed by atoms with E-state index in [-0.39, 0.29) is 18.7 Å². The minimum atomic E-state index is -0.261. The first-order valence-electron chi connectivity index (χ1n) is 12.3. The number of nitrogen functional groups attached to an aromatic ring is 1. The molecule has 0 fully saturated rings. The van der Waals surface area contributed by atoms with E-state index in [0.29, 0.717) is 48.2 Å². The summed E-state index contributed by atoms with van der Waals surface area (Å²) in [6, 6.07) is 13.5. The van der Waals surface area contributed by atoms with Crippen LogP contribution in [-0.2, 0) is 13.1 Å². The number of nitrogens with one attached hydrogen (secondary N) is 2. The highest BCUT2D eigenvalue weighted by Gasteiger charge is 2.16. The number of rotatable bonds is 13. The fraction of sp³-hybridized carbons (Fsp3) is 0.346. The number of nitrogens with two attached hydrogens (primary N) is 2. The molecule has 0 aliphatic carbocycles. The summed E-state index contributed by atoms with van der Waals surface area (Å²) in [7, 11) is 1.62. The minimum absolute atomic E-state index is 0.114. The molecule has 0 aliphatic rings. The number of hydrogen-bond acceptors (Lipinski definition) is 10. The van der Waals surface area contributed by atoms with Crippen molar-refractivity contribution in [1.82, 2.24) is 25.1 Å². The lowest BCUT2D eigenvalue weighted by Gasteiger charge is -2.16. The van der Waals surface area contributed by atoms with E-state index >= 15 is 0 Å². The van der Waals surface area contributed by atoms with Crippen LogP contribution in [-0.4, -0.2) is 51.3 Å². The predicted octanol–water partition coefficient (Wildman–Crippen LogP) is 2.84. The van der Waals surface area contributed by atoms with Crippen molar-refractivity contribution < 1.29 is 14.6 Å². The summed E-state index contributed by atoms with van der Waals surface area (Å²) in [6.07, 6.45) is 3.13. The summed E-state index contributed by atoms with van der Waals surface area (Å²) in [5, 5.41) is 19.8. The van der Waals surface area contributed by atoms with Crippen LogP contribution in [0.1, 0.15) is 30.9 Å². The molecule has 0 radical (unpaired) electrons. The Kier molecular flexibility index (Phi) is 8.72. The molecule has 0 spiro atoms. The van der Waals surface area contributed by atoms with Crippen LogP contribution >= 0.6 is 0 Å². The molecule has 4 rings (SSSR count). The second-order valence-electron chi connectivity index (χ2n) is 8.63. The zero-order valence-corrected chi connectivity index (χ0v) is 21.1. The highest BCUT2D eigenvalue weighted by atomic mass is 16.5. The lowest BCUT2D eigenvalue weighted by Crippen LogP contribution is -2.30. The van der Waals surface area contributed by atoms with Crippen molar-refractivity contribution in [2.24, 2.45) is 5.73 Å². The van der Waals surface area contributed by atoms with E-state index in [1.807, 2.05) is 42.5 Å². The molecule has 196 valence electrons. The van der Waals surface area contributed by atoms with Gasteiger partial charge >= 0.3 is 0 Å². The molecule has 1 atom stereocenters. The maximum Gasteiger partial charge on any atom is 0.222 e. The molecule has 2 aromatic carbocycles. The van der Waals surface area contributed by atoms with E-state index in [9.17, 15) is 0 Å². The van der Waals surface area contributed by atoms with Gasteiger partial charge in [0.1, 0.15) is 28.3 Å². The van der Waals surface area contributed by atoms with Gasteiger partial charge in [0.25, 0.3) is 0 Å². The fourth-order valence-corrected chi connectivity index (χ4v) is 4.00. The molecule has 0 bridgehead atoms. The predicted molar refractivity (Wildman–Crippen MR) is 144 cm³/mol. The van der Waals surface area contributed by atoms with Crippen LogP contribution in [0, 0.1) is 0 Å². The fourth-order valence-electron chi connectivity index (χ4n) is 4.00. The Balaban J connectivity index is 1.53. The molecule has 2 heterocycles. The van der Waals surface area contributed by atoms with Crippen molar-refractivity contribution in [3.05, 3.63) is 59.8 Å². The first kappa shape index (κ1) is 26.1. The molecule has 11 heteroatoms. The van der Waals surface area contributed by atoms with Gasteiger partial charge in [0, 0.05) is 24.7 Å². The van der Waals surface area contributed by atoms with Gasteiger partial charge in [-0.05, 0) is 36.2 Å². The van der Waals surface area contributed by atoms with Crippen LogP contribution in [0.4, 0.5) is 11.8 Å². The van der Waals surface area contributed by atoms with Crippen molar-refractivity contribution in [2.45, 2.75) is 39.0 Å². The Morgan fingerprint density at radius 1 is 1.11 bits per heavy atom. The molecule has 0 aliphatic heterocycles. The van der Waals surface area contributed by atoms with E-state index in [1.165, 1.54) is 0 Å². The Labute approximate surface area is 215 Å². The van der Waals surface area contributed by atoms with E-state index in [0.717, 1.165) is 29.5 Å². The first-order valence-corrected chi connectivity index (χ1v) is 12.3. The van der Waals surface area contributed by atoms with Gasteiger partial charge in [-0.25, -0.2) is 4.98 Å². The SMILES string of the molecule is CCCC(N)Nc1nc(N)nc2cnn(Cc3ccc(Oc4ccc(CNCCO)cc4)cc3OC)c12. The van der Waals surface area contributed by atoms with Gasteiger partial charge in [0.05, 0.1) is 32.6 Å². The molecule has 11 nitrogen and oxygen atoms in total. The van der Waals surface area contributed by atoms with Gasteiger partial charge in [-0.1, -0.05) is 25.5 Å². The molecule has 4 aromatic rings. The largest absolute Gasteiger partial charge is 0.496 e. The van der Waals surface area contributed by atoms with Crippen LogP contribution in [0.5, 0.6) is 17.2 Å².